The van der Waals surface area contributed by atoms with Crippen molar-refractivity contribution in [3.8, 4) is 0 Å². The highest BCUT2D eigenvalue weighted by atomic mass is 16.2. The molecule has 6 rings (SSSR count). The predicted octanol–water partition coefficient (Wildman–Crippen LogP) is 3.60. The lowest BCUT2D eigenvalue weighted by atomic mass is 9.83. The van der Waals surface area contributed by atoms with E-state index in [-0.39, 0.29) is 35.6 Å². The number of rotatable bonds is 3. The average Bonchev–Trinajstić information content (AvgIpc) is 3.33. The Bertz CT molecular complexity index is 1370. The maximum Gasteiger partial charge on any atom is 0.261 e. The summed E-state index contributed by atoms with van der Waals surface area (Å²) in [6.07, 6.45) is 4.45. The van der Waals surface area contributed by atoms with Crippen molar-refractivity contribution in [3.63, 3.8) is 0 Å². The van der Waals surface area contributed by atoms with Crippen molar-refractivity contribution in [2.75, 3.05) is 11.4 Å². The molecular formula is C26H19N3O4. The van der Waals surface area contributed by atoms with Gasteiger partial charge in [-0.25, -0.2) is 0 Å². The number of aromatic nitrogens is 1. The molecule has 0 saturated carbocycles. The lowest BCUT2D eigenvalue weighted by Gasteiger charge is -2.18. The molecule has 33 heavy (non-hydrogen) atoms. The topological polar surface area (TPSA) is 87.7 Å². The van der Waals surface area contributed by atoms with Crippen molar-refractivity contribution in [1.29, 1.82) is 0 Å². The molecule has 3 aromatic rings. The SMILES string of the molecule is O=C1CCC2CN(C(=O)c3ccc4c(c3)C(=O)N(Cc3ccncc3)C4=O)c3cccc1c32. The molecule has 7 nitrogen and oxygen atoms in total. The molecule has 3 aliphatic rings. The Morgan fingerprint density at radius 1 is 0.939 bits per heavy atom. The molecular weight excluding hydrogens is 418 g/mol. The van der Waals surface area contributed by atoms with Crippen LogP contribution >= 0.6 is 0 Å². The number of benzene rings is 2. The zero-order chi connectivity index (χ0) is 22.7. The number of Topliss-reactive ketones (excluding diaryl/α,β-unsaturated/α-hetero) is 1. The van der Waals surface area contributed by atoms with Crippen LogP contribution in [0.5, 0.6) is 0 Å². The Labute approximate surface area is 189 Å². The number of nitrogens with zero attached hydrogens (tertiary/aromatic N) is 3. The molecule has 1 aromatic heterocycles. The Balaban J connectivity index is 1.31. The van der Waals surface area contributed by atoms with Crippen LogP contribution in [0.3, 0.4) is 0 Å². The van der Waals surface area contributed by atoms with Crippen LogP contribution in [0.25, 0.3) is 0 Å². The van der Waals surface area contributed by atoms with Gasteiger partial charge in [0.1, 0.15) is 0 Å². The van der Waals surface area contributed by atoms with Gasteiger partial charge < -0.3 is 4.90 Å². The van der Waals surface area contributed by atoms with Crippen molar-refractivity contribution < 1.29 is 19.2 Å². The zero-order valence-electron chi connectivity index (χ0n) is 17.7. The van der Waals surface area contributed by atoms with E-state index >= 15 is 0 Å². The number of ketones is 1. The lowest BCUT2D eigenvalue weighted by Crippen LogP contribution is -2.30. The summed E-state index contributed by atoms with van der Waals surface area (Å²) in [5, 5.41) is 0. The van der Waals surface area contributed by atoms with Gasteiger partial charge in [-0.2, -0.15) is 0 Å². The fourth-order valence-corrected chi connectivity index (χ4v) is 5.13. The van der Waals surface area contributed by atoms with E-state index in [0.29, 0.717) is 29.7 Å². The van der Waals surface area contributed by atoms with Crippen molar-refractivity contribution >= 4 is 29.2 Å². The van der Waals surface area contributed by atoms with Gasteiger partial charge in [0.2, 0.25) is 0 Å². The van der Waals surface area contributed by atoms with Gasteiger partial charge in [-0.15, -0.1) is 0 Å². The highest BCUT2D eigenvalue weighted by Crippen LogP contribution is 2.45. The first kappa shape index (κ1) is 19.5. The molecule has 3 heterocycles. The normalized spacial score (nSPS) is 18.5. The molecule has 1 atom stereocenters. The molecule has 0 bridgehead atoms. The highest BCUT2D eigenvalue weighted by Gasteiger charge is 2.40. The molecule has 3 amide bonds. The molecule has 0 spiro atoms. The number of imide groups is 1. The number of amides is 3. The minimum atomic E-state index is -0.410. The first-order valence-corrected chi connectivity index (χ1v) is 10.9. The molecule has 0 fully saturated rings. The fourth-order valence-electron chi connectivity index (χ4n) is 5.13. The van der Waals surface area contributed by atoms with E-state index in [1.165, 1.54) is 11.0 Å². The molecule has 0 saturated heterocycles. The second-order valence-corrected chi connectivity index (χ2v) is 8.63. The number of pyridine rings is 1. The van der Waals surface area contributed by atoms with Crippen molar-refractivity contribution in [3.05, 3.63) is 94.3 Å². The number of hydrogen-bond acceptors (Lipinski definition) is 5. The fraction of sp³-hybridized carbons (Fsp3) is 0.192. The van der Waals surface area contributed by atoms with E-state index in [4.69, 9.17) is 0 Å². The van der Waals surface area contributed by atoms with Crippen LogP contribution in [0.1, 0.15) is 71.3 Å². The minimum absolute atomic E-state index is 0.119. The van der Waals surface area contributed by atoms with Crippen LogP contribution in [0, 0.1) is 0 Å². The maximum atomic E-state index is 13.5. The molecule has 0 radical (unpaired) electrons. The smallest absolute Gasteiger partial charge is 0.261 e. The third-order valence-electron chi connectivity index (χ3n) is 6.76. The minimum Gasteiger partial charge on any atom is -0.307 e. The maximum absolute atomic E-state index is 13.5. The highest BCUT2D eigenvalue weighted by molar-refractivity contribution is 6.22. The van der Waals surface area contributed by atoms with Gasteiger partial charge in [0.05, 0.1) is 17.7 Å². The Hall–Kier alpha value is -4.13. The van der Waals surface area contributed by atoms with Crippen LogP contribution in [0.15, 0.2) is 60.9 Å². The molecule has 1 aliphatic carbocycles. The summed E-state index contributed by atoms with van der Waals surface area (Å²) in [6.45, 7) is 0.659. The molecule has 1 unspecified atom stereocenters. The van der Waals surface area contributed by atoms with Gasteiger partial charge in [0.15, 0.2) is 5.78 Å². The summed E-state index contributed by atoms with van der Waals surface area (Å²) in [5.74, 6) is -0.751. The molecule has 0 N–H and O–H groups in total. The molecule has 7 heteroatoms. The Morgan fingerprint density at radius 2 is 1.73 bits per heavy atom. The third kappa shape index (κ3) is 2.92. The van der Waals surface area contributed by atoms with E-state index in [1.54, 1.807) is 41.6 Å². The van der Waals surface area contributed by atoms with E-state index < -0.39 is 5.91 Å². The van der Waals surface area contributed by atoms with Crippen LogP contribution in [-0.2, 0) is 6.54 Å². The number of hydrogen-bond donors (Lipinski definition) is 0. The molecule has 162 valence electrons. The lowest BCUT2D eigenvalue weighted by molar-refractivity contribution is 0.0641. The van der Waals surface area contributed by atoms with Gasteiger partial charge in [-0.3, -0.25) is 29.1 Å². The zero-order valence-corrected chi connectivity index (χ0v) is 17.7. The number of carbonyl (C=O) groups is 4. The third-order valence-corrected chi connectivity index (χ3v) is 6.76. The van der Waals surface area contributed by atoms with E-state index in [9.17, 15) is 19.2 Å². The molecule has 2 aromatic carbocycles. The Kier molecular flexibility index (Phi) is 4.26. The van der Waals surface area contributed by atoms with Crippen LogP contribution in [0.2, 0.25) is 0 Å². The van der Waals surface area contributed by atoms with Crippen LogP contribution < -0.4 is 4.90 Å². The summed E-state index contributed by atoms with van der Waals surface area (Å²) in [6, 6.07) is 13.7. The van der Waals surface area contributed by atoms with Gasteiger partial charge in [0.25, 0.3) is 17.7 Å². The first-order valence-electron chi connectivity index (χ1n) is 10.9. The van der Waals surface area contributed by atoms with Gasteiger partial charge in [0, 0.05) is 48.1 Å². The predicted molar refractivity (Wildman–Crippen MR) is 119 cm³/mol. The second-order valence-electron chi connectivity index (χ2n) is 8.63. The summed E-state index contributed by atoms with van der Waals surface area (Å²) >= 11 is 0. The van der Waals surface area contributed by atoms with Crippen molar-refractivity contribution in [1.82, 2.24) is 9.88 Å². The van der Waals surface area contributed by atoms with Gasteiger partial charge >= 0.3 is 0 Å². The van der Waals surface area contributed by atoms with E-state index in [1.807, 2.05) is 18.2 Å². The van der Waals surface area contributed by atoms with Gasteiger partial charge in [-0.1, -0.05) is 12.1 Å². The van der Waals surface area contributed by atoms with Crippen molar-refractivity contribution in [2.24, 2.45) is 0 Å². The monoisotopic (exact) mass is 437 g/mol. The largest absolute Gasteiger partial charge is 0.307 e. The summed E-state index contributed by atoms with van der Waals surface area (Å²) in [7, 11) is 0. The summed E-state index contributed by atoms with van der Waals surface area (Å²) < 4.78 is 0. The number of carbonyl (C=O) groups excluding carboxylic acids is 4. The standard InChI is InChI=1S/C26H19N3O4/c30-22-7-5-17-14-28(21-3-1-2-19(22)23(17)21)24(31)16-4-6-18-20(12-16)26(33)29(25(18)32)13-15-8-10-27-11-9-15/h1-4,6,8-12,17H,5,7,13-14H2. The molecule has 2 aliphatic heterocycles. The quantitative estimate of drug-likeness (QED) is 0.585. The average molecular weight is 437 g/mol. The van der Waals surface area contributed by atoms with E-state index in [0.717, 1.165) is 23.2 Å². The van der Waals surface area contributed by atoms with Gasteiger partial charge in [-0.05, 0) is 53.9 Å². The number of fused-ring (bicyclic) bond motifs is 1. The van der Waals surface area contributed by atoms with Crippen LogP contribution in [0.4, 0.5) is 5.69 Å². The summed E-state index contributed by atoms with van der Waals surface area (Å²) in [4.78, 5) is 58.5. The summed E-state index contributed by atoms with van der Waals surface area (Å²) in [5.41, 5.74) is 4.12. The first-order chi connectivity index (χ1) is 16.0. The van der Waals surface area contributed by atoms with Crippen LogP contribution in [-0.4, -0.2) is 39.9 Å². The Morgan fingerprint density at radius 3 is 2.55 bits per heavy atom. The number of anilines is 1. The van der Waals surface area contributed by atoms with Crippen molar-refractivity contribution in [2.45, 2.75) is 25.3 Å². The van der Waals surface area contributed by atoms with E-state index in [2.05, 4.69) is 4.98 Å². The second kappa shape index (κ2) is 7.20.